The molecule has 3 saturated carbocycles. The minimum atomic E-state index is -4.09. The standard InChI is InChI=1S/C8H10F3NO/c1-5(13)12-7-2-6(3-7,4-7)8(9,10)11/h2-4H2,1H3,(H,12,13). The maximum absolute atomic E-state index is 12.3. The highest BCUT2D eigenvalue weighted by Crippen LogP contribution is 2.73. The quantitative estimate of drug-likeness (QED) is 0.673. The predicted molar refractivity (Wildman–Crippen MR) is 38.9 cm³/mol. The van der Waals surface area contributed by atoms with Crippen molar-refractivity contribution in [1.29, 1.82) is 0 Å². The van der Waals surface area contributed by atoms with Crippen molar-refractivity contribution < 1.29 is 18.0 Å². The van der Waals surface area contributed by atoms with Crippen LogP contribution in [-0.2, 0) is 4.79 Å². The molecule has 1 N–H and O–H groups in total. The average molecular weight is 193 g/mol. The molecule has 74 valence electrons. The molecular formula is C8H10F3NO. The van der Waals surface area contributed by atoms with Crippen LogP contribution in [0.25, 0.3) is 0 Å². The highest BCUT2D eigenvalue weighted by molar-refractivity contribution is 5.74. The van der Waals surface area contributed by atoms with E-state index >= 15 is 0 Å². The lowest BCUT2D eigenvalue weighted by molar-refractivity contribution is -0.337. The first-order valence-electron chi connectivity index (χ1n) is 4.14. The minimum absolute atomic E-state index is 0.0725. The van der Waals surface area contributed by atoms with Gasteiger partial charge in [-0.3, -0.25) is 4.79 Å². The molecule has 0 aromatic rings. The number of hydrogen-bond donors (Lipinski definition) is 1. The molecule has 2 nitrogen and oxygen atoms in total. The first-order chi connectivity index (χ1) is 5.79. The van der Waals surface area contributed by atoms with Gasteiger partial charge in [0.25, 0.3) is 0 Å². The van der Waals surface area contributed by atoms with Gasteiger partial charge in [-0.15, -0.1) is 0 Å². The zero-order valence-corrected chi connectivity index (χ0v) is 7.16. The third-order valence-corrected chi connectivity index (χ3v) is 3.07. The predicted octanol–water partition coefficient (Wildman–Crippen LogP) is 1.61. The van der Waals surface area contributed by atoms with Crippen LogP contribution in [0, 0.1) is 5.41 Å². The maximum Gasteiger partial charge on any atom is 0.394 e. The molecule has 3 aliphatic carbocycles. The highest BCUT2D eigenvalue weighted by atomic mass is 19.4. The van der Waals surface area contributed by atoms with Crippen molar-refractivity contribution in [2.75, 3.05) is 0 Å². The second kappa shape index (κ2) is 2.01. The molecule has 13 heavy (non-hydrogen) atoms. The number of carbonyl (C=O) groups excluding carboxylic acids is 1. The van der Waals surface area contributed by atoms with E-state index in [0.717, 1.165) is 0 Å². The van der Waals surface area contributed by atoms with Crippen molar-refractivity contribution in [2.45, 2.75) is 37.9 Å². The summed E-state index contributed by atoms with van der Waals surface area (Å²) in [6.45, 7) is 1.33. The van der Waals surface area contributed by atoms with Crippen LogP contribution in [0.15, 0.2) is 0 Å². The summed E-state index contributed by atoms with van der Waals surface area (Å²) in [6.07, 6.45) is -3.87. The Morgan fingerprint density at radius 1 is 1.31 bits per heavy atom. The van der Waals surface area contributed by atoms with Crippen molar-refractivity contribution in [3.8, 4) is 0 Å². The van der Waals surface area contributed by atoms with Crippen LogP contribution >= 0.6 is 0 Å². The van der Waals surface area contributed by atoms with Crippen LogP contribution in [0.5, 0.6) is 0 Å². The van der Waals surface area contributed by atoms with E-state index in [1.54, 1.807) is 0 Å². The number of halogens is 3. The SMILES string of the molecule is CC(=O)NC12CC(C(F)(F)F)(C1)C2. The Kier molecular flexibility index (Phi) is 1.37. The fourth-order valence-corrected chi connectivity index (χ4v) is 2.59. The van der Waals surface area contributed by atoms with Crippen molar-refractivity contribution in [2.24, 2.45) is 5.41 Å². The van der Waals surface area contributed by atoms with Crippen LogP contribution < -0.4 is 5.32 Å². The molecular weight excluding hydrogens is 183 g/mol. The molecule has 1 amide bonds. The van der Waals surface area contributed by atoms with Crippen LogP contribution in [-0.4, -0.2) is 17.6 Å². The normalized spacial score (nSPS) is 41.8. The second-order valence-corrected chi connectivity index (χ2v) is 4.27. The number of alkyl halides is 3. The topological polar surface area (TPSA) is 29.1 Å². The summed E-state index contributed by atoms with van der Waals surface area (Å²) < 4.78 is 37.0. The Balaban J connectivity index is 1.97. The second-order valence-electron chi connectivity index (χ2n) is 4.27. The van der Waals surface area contributed by atoms with Crippen molar-refractivity contribution in [3.05, 3.63) is 0 Å². The number of hydrogen-bond acceptors (Lipinski definition) is 1. The van der Waals surface area contributed by atoms with E-state index in [1.807, 2.05) is 0 Å². The molecule has 0 heterocycles. The van der Waals surface area contributed by atoms with E-state index < -0.39 is 17.1 Å². The molecule has 3 rings (SSSR count). The number of nitrogens with one attached hydrogen (secondary N) is 1. The minimum Gasteiger partial charge on any atom is -0.351 e. The summed E-state index contributed by atoms with van der Waals surface area (Å²) >= 11 is 0. The molecule has 2 bridgehead atoms. The fraction of sp³-hybridized carbons (Fsp3) is 0.875. The Morgan fingerprint density at radius 3 is 2.08 bits per heavy atom. The molecule has 0 saturated heterocycles. The van der Waals surface area contributed by atoms with Crippen LogP contribution in [0.1, 0.15) is 26.2 Å². The Bertz CT molecular complexity index is 251. The number of rotatable bonds is 1. The molecule has 3 fully saturated rings. The zero-order valence-electron chi connectivity index (χ0n) is 7.16. The van der Waals surface area contributed by atoms with E-state index in [9.17, 15) is 18.0 Å². The van der Waals surface area contributed by atoms with Gasteiger partial charge in [-0.05, 0) is 19.3 Å². The molecule has 0 aromatic carbocycles. The van der Waals surface area contributed by atoms with E-state index in [4.69, 9.17) is 0 Å². The summed E-state index contributed by atoms with van der Waals surface area (Å²) in [5.41, 5.74) is -1.98. The Labute approximate surface area is 73.5 Å². The van der Waals surface area contributed by atoms with Gasteiger partial charge in [-0.2, -0.15) is 13.2 Å². The van der Waals surface area contributed by atoms with Crippen LogP contribution in [0.4, 0.5) is 13.2 Å². The maximum atomic E-state index is 12.3. The summed E-state index contributed by atoms with van der Waals surface area (Å²) in [6, 6.07) is 0. The summed E-state index contributed by atoms with van der Waals surface area (Å²) in [4.78, 5) is 10.6. The van der Waals surface area contributed by atoms with Gasteiger partial charge in [0.05, 0.1) is 5.41 Å². The monoisotopic (exact) mass is 193 g/mol. The number of amides is 1. The first-order valence-corrected chi connectivity index (χ1v) is 4.14. The van der Waals surface area contributed by atoms with Gasteiger partial charge in [-0.1, -0.05) is 0 Å². The largest absolute Gasteiger partial charge is 0.394 e. The van der Waals surface area contributed by atoms with E-state index in [2.05, 4.69) is 5.32 Å². The summed E-state index contributed by atoms with van der Waals surface area (Å²) in [7, 11) is 0. The highest BCUT2D eigenvalue weighted by Gasteiger charge is 2.78. The summed E-state index contributed by atoms with van der Waals surface area (Å²) in [5, 5.41) is 2.58. The molecule has 0 unspecified atom stereocenters. The van der Waals surface area contributed by atoms with Gasteiger partial charge >= 0.3 is 6.18 Å². The molecule has 0 aromatic heterocycles. The lowest BCUT2D eigenvalue weighted by Crippen LogP contribution is -2.78. The van der Waals surface area contributed by atoms with Crippen LogP contribution in [0.3, 0.4) is 0 Å². The molecule has 0 radical (unpaired) electrons. The van der Waals surface area contributed by atoms with Gasteiger partial charge < -0.3 is 5.32 Å². The fourth-order valence-electron chi connectivity index (χ4n) is 2.59. The number of carbonyl (C=O) groups is 1. The third-order valence-electron chi connectivity index (χ3n) is 3.07. The molecule has 0 aliphatic heterocycles. The third kappa shape index (κ3) is 0.988. The zero-order chi connectivity index (χ0) is 9.91. The van der Waals surface area contributed by atoms with Crippen molar-refractivity contribution in [3.63, 3.8) is 0 Å². The molecule has 0 spiro atoms. The Morgan fingerprint density at radius 2 is 1.77 bits per heavy atom. The first kappa shape index (κ1) is 8.84. The lowest BCUT2D eigenvalue weighted by atomic mass is 9.39. The molecule has 0 atom stereocenters. The smallest absolute Gasteiger partial charge is 0.351 e. The lowest BCUT2D eigenvalue weighted by Gasteiger charge is -2.70. The van der Waals surface area contributed by atoms with Gasteiger partial charge in [0.15, 0.2) is 0 Å². The molecule has 3 aliphatic rings. The van der Waals surface area contributed by atoms with Gasteiger partial charge in [-0.25, -0.2) is 0 Å². The van der Waals surface area contributed by atoms with Crippen LogP contribution in [0.2, 0.25) is 0 Å². The molecule has 5 heteroatoms. The van der Waals surface area contributed by atoms with Gasteiger partial charge in [0.1, 0.15) is 0 Å². The van der Waals surface area contributed by atoms with Crippen molar-refractivity contribution >= 4 is 5.91 Å². The van der Waals surface area contributed by atoms with E-state index in [-0.39, 0.29) is 25.2 Å². The van der Waals surface area contributed by atoms with Crippen molar-refractivity contribution in [1.82, 2.24) is 5.32 Å². The van der Waals surface area contributed by atoms with E-state index in [1.165, 1.54) is 6.92 Å². The van der Waals surface area contributed by atoms with Gasteiger partial charge in [0.2, 0.25) is 5.91 Å². The average Bonchev–Trinajstić information content (AvgIpc) is 1.70. The van der Waals surface area contributed by atoms with E-state index in [0.29, 0.717) is 0 Å². The Hall–Kier alpha value is -0.740. The summed E-state index contributed by atoms with van der Waals surface area (Å²) in [5.74, 6) is -0.240. The van der Waals surface area contributed by atoms with Gasteiger partial charge in [0, 0.05) is 12.5 Å².